The van der Waals surface area contributed by atoms with Crippen molar-refractivity contribution < 1.29 is 37.3 Å². The number of halogens is 3. The number of hydrogen-bond donors (Lipinski definition) is 1. The molecular weight excluding hydrogens is 415 g/mol. The quantitative estimate of drug-likeness (QED) is 0.424. The number of nitrogens with zero attached hydrogens (tertiary/aromatic N) is 1. The smallest absolute Gasteiger partial charge is 0.433 e. The summed E-state index contributed by atoms with van der Waals surface area (Å²) >= 11 is 0. The van der Waals surface area contributed by atoms with Crippen LogP contribution in [-0.4, -0.2) is 41.0 Å². The van der Waals surface area contributed by atoms with Crippen LogP contribution >= 0.6 is 0 Å². The van der Waals surface area contributed by atoms with Crippen molar-refractivity contribution in [2.24, 2.45) is 11.8 Å². The number of Topliss-reactive ketones (excluding diaryl/α,β-unsaturated/α-hetero) is 2. The summed E-state index contributed by atoms with van der Waals surface area (Å²) in [5.74, 6) is -2.16. The number of hydrogen-bond acceptors (Lipinski definition) is 6. The Bertz CT molecular complexity index is 881. The molecule has 3 aliphatic rings. The Morgan fingerprint density at radius 3 is 2.45 bits per heavy atom. The molecule has 0 aromatic carbocycles. The van der Waals surface area contributed by atoms with E-state index in [0.29, 0.717) is 25.9 Å². The number of ketones is 2. The van der Waals surface area contributed by atoms with Gasteiger partial charge in [0.2, 0.25) is 0 Å². The number of aromatic nitrogens is 1. The van der Waals surface area contributed by atoms with E-state index < -0.39 is 29.2 Å². The maximum atomic E-state index is 13.2. The van der Waals surface area contributed by atoms with E-state index in [4.69, 9.17) is 9.47 Å². The number of pyridine rings is 1. The van der Waals surface area contributed by atoms with Crippen LogP contribution in [0.2, 0.25) is 0 Å². The number of rotatable bonds is 5. The lowest BCUT2D eigenvalue weighted by Crippen LogP contribution is -2.30. The van der Waals surface area contributed by atoms with Gasteiger partial charge in [-0.3, -0.25) is 9.59 Å². The largest absolute Gasteiger partial charge is 0.506 e. The molecule has 2 aliphatic carbocycles. The molecule has 3 atom stereocenters. The van der Waals surface area contributed by atoms with Gasteiger partial charge in [-0.05, 0) is 50.7 Å². The average molecular weight is 439 g/mol. The first-order valence-corrected chi connectivity index (χ1v) is 10.5. The van der Waals surface area contributed by atoms with Crippen LogP contribution in [0.5, 0.6) is 0 Å². The minimum absolute atomic E-state index is 0.0874. The van der Waals surface area contributed by atoms with E-state index in [9.17, 15) is 27.9 Å². The monoisotopic (exact) mass is 439 g/mol. The van der Waals surface area contributed by atoms with Gasteiger partial charge in [0.15, 0.2) is 11.6 Å². The highest BCUT2D eigenvalue weighted by atomic mass is 19.4. The predicted octanol–water partition coefficient (Wildman–Crippen LogP) is 4.02. The van der Waals surface area contributed by atoms with Gasteiger partial charge in [-0.25, -0.2) is 4.98 Å². The second kappa shape index (κ2) is 8.70. The van der Waals surface area contributed by atoms with Crippen molar-refractivity contribution in [2.45, 2.75) is 57.4 Å². The molecule has 0 spiro atoms. The lowest BCUT2D eigenvalue weighted by Gasteiger charge is -2.23. The van der Waals surface area contributed by atoms with Gasteiger partial charge in [0.1, 0.15) is 17.0 Å². The molecule has 1 saturated heterocycles. The Hall–Kier alpha value is -2.26. The fraction of sp³-hybridized carbons (Fsp3) is 0.591. The molecule has 1 aromatic heterocycles. The van der Waals surface area contributed by atoms with Crippen molar-refractivity contribution in [1.82, 2.24) is 4.98 Å². The van der Waals surface area contributed by atoms with Gasteiger partial charge >= 0.3 is 6.18 Å². The molecule has 3 fully saturated rings. The summed E-state index contributed by atoms with van der Waals surface area (Å²) in [7, 11) is 0. The molecule has 1 aliphatic heterocycles. The van der Waals surface area contributed by atoms with Crippen molar-refractivity contribution in [1.29, 1.82) is 0 Å². The van der Waals surface area contributed by atoms with Gasteiger partial charge in [-0.2, -0.15) is 13.2 Å². The highest BCUT2D eigenvalue weighted by Gasteiger charge is 2.45. The molecule has 0 amide bonds. The van der Waals surface area contributed by atoms with Gasteiger partial charge in [0.25, 0.3) is 0 Å². The molecule has 4 rings (SSSR count). The number of aliphatic hydroxyl groups excluding tert-OH is 1. The normalized spacial score (nSPS) is 26.4. The van der Waals surface area contributed by atoms with Crippen LogP contribution in [0.15, 0.2) is 17.7 Å². The van der Waals surface area contributed by atoms with Gasteiger partial charge in [-0.15, -0.1) is 0 Å². The van der Waals surface area contributed by atoms with Gasteiger partial charge in [0, 0.05) is 24.0 Å². The Balaban J connectivity index is 1.64. The summed E-state index contributed by atoms with van der Waals surface area (Å²) in [5, 5.41) is 10.8. The van der Waals surface area contributed by atoms with Crippen molar-refractivity contribution >= 4 is 17.3 Å². The SMILES string of the molecule is O=C1C(=C(O)c2ccc(C(F)(F)F)nc2COCC2CCCCO2)C(=O)C2CCC1C2. The van der Waals surface area contributed by atoms with E-state index in [0.717, 1.165) is 31.4 Å². The average Bonchev–Trinajstić information content (AvgIpc) is 3.20. The molecular formula is C22H24F3NO5. The number of carbonyl (C=O) groups excluding carboxylic acids is 2. The Labute approximate surface area is 177 Å². The second-order valence-electron chi connectivity index (χ2n) is 8.35. The third-order valence-electron chi connectivity index (χ3n) is 6.24. The number of aliphatic hydroxyl groups is 1. The Morgan fingerprint density at radius 2 is 1.84 bits per heavy atom. The first-order valence-electron chi connectivity index (χ1n) is 10.5. The minimum Gasteiger partial charge on any atom is -0.506 e. The summed E-state index contributed by atoms with van der Waals surface area (Å²) < 4.78 is 50.7. The summed E-state index contributed by atoms with van der Waals surface area (Å²) in [6, 6.07) is 1.78. The standard InChI is InChI=1S/C22H24F3NO5/c23-22(24,25)17-7-6-15(16(26-17)11-30-10-14-3-1-2-8-31-14)21(29)18-19(27)12-4-5-13(9-12)20(18)28/h6-7,12-14,29H,1-5,8-11H2. The van der Waals surface area contributed by atoms with Gasteiger partial charge in [-0.1, -0.05) is 0 Å². The number of alkyl halides is 3. The number of fused-ring (bicyclic) bond motifs is 2. The number of carbonyl (C=O) groups is 2. The molecule has 1 N–H and O–H groups in total. The van der Waals surface area contributed by atoms with Crippen LogP contribution in [0.25, 0.3) is 5.76 Å². The Morgan fingerprint density at radius 1 is 1.13 bits per heavy atom. The highest BCUT2D eigenvalue weighted by molar-refractivity contribution is 6.27. The molecule has 0 radical (unpaired) electrons. The lowest BCUT2D eigenvalue weighted by molar-refractivity contribution is -0.141. The number of ether oxygens (including phenoxy) is 2. The second-order valence-corrected chi connectivity index (χ2v) is 8.35. The van der Waals surface area contributed by atoms with Crippen molar-refractivity contribution in [3.05, 3.63) is 34.7 Å². The van der Waals surface area contributed by atoms with Crippen LogP contribution in [0, 0.1) is 11.8 Å². The van der Waals surface area contributed by atoms with Crippen LogP contribution in [0.4, 0.5) is 13.2 Å². The molecule has 168 valence electrons. The third-order valence-corrected chi connectivity index (χ3v) is 6.24. The summed E-state index contributed by atoms with van der Waals surface area (Å²) in [6.07, 6.45) is -0.461. The molecule has 3 unspecified atom stereocenters. The first-order chi connectivity index (χ1) is 14.8. The molecule has 9 heteroatoms. The van der Waals surface area contributed by atoms with Gasteiger partial charge in [0.05, 0.1) is 25.0 Å². The zero-order valence-corrected chi connectivity index (χ0v) is 16.9. The minimum atomic E-state index is -4.68. The fourth-order valence-electron chi connectivity index (χ4n) is 4.57. The summed E-state index contributed by atoms with van der Waals surface area (Å²) in [5.41, 5.74) is -1.72. The predicted molar refractivity (Wildman–Crippen MR) is 103 cm³/mol. The molecule has 31 heavy (non-hydrogen) atoms. The van der Waals surface area contributed by atoms with E-state index in [2.05, 4.69) is 4.98 Å². The van der Waals surface area contributed by atoms with Crippen LogP contribution in [0.1, 0.15) is 55.5 Å². The van der Waals surface area contributed by atoms with Crippen LogP contribution in [-0.2, 0) is 31.8 Å². The molecule has 1 aromatic rings. The molecule has 2 heterocycles. The first kappa shape index (κ1) is 22.0. The van der Waals surface area contributed by atoms with E-state index in [1.807, 2.05) is 0 Å². The highest BCUT2D eigenvalue weighted by Crippen LogP contribution is 2.42. The van der Waals surface area contributed by atoms with Crippen molar-refractivity contribution in [3.63, 3.8) is 0 Å². The maximum Gasteiger partial charge on any atom is 0.433 e. The topological polar surface area (TPSA) is 85.7 Å². The van der Waals surface area contributed by atoms with Crippen molar-refractivity contribution in [2.75, 3.05) is 13.2 Å². The van der Waals surface area contributed by atoms with E-state index in [1.54, 1.807) is 0 Å². The Kier molecular flexibility index (Phi) is 6.16. The fourth-order valence-corrected chi connectivity index (χ4v) is 4.57. The van der Waals surface area contributed by atoms with E-state index >= 15 is 0 Å². The summed E-state index contributed by atoms with van der Waals surface area (Å²) in [4.78, 5) is 29.0. The van der Waals surface area contributed by atoms with Crippen LogP contribution in [0.3, 0.4) is 0 Å². The molecule has 2 bridgehead atoms. The van der Waals surface area contributed by atoms with Crippen LogP contribution < -0.4 is 0 Å². The van der Waals surface area contributed by atoms with E-state index in [-0.39, 0.29) is 48.0 Å². The number of allylic oxidation sites excluding steroid dienone is 1. The maximum absolute atomic E-state index is 13.2. The zero-order chi connectivity index (χ0) is 22.2. The van der Waals surface area contributed by atoms with E-state index in [1.165, 1.54) is 0 Å². The summed E-state index contributed by atoms with van der Waals surface area (Å²) in [6.45, 7) is 0.475. The van der Waals surface area contributed by atoms with Gasteiger partial charge < -0.3 is 14.6 Å². The van der Waals surface area contributed by atoms with Crippen molar-refractivity contribution in [3.8, 4) is 0 Å². The molecule has 6 nitrogen and oxygen atoms in total. The molecule has 2 saturated carbocycles. The lowest BCUT2D eigenvalue weighted by atomic mass is 9.81. The third kappa shape index (κ3) is 4.52. The zero-order valence-electron chi connectivity index (χ0n) is 16.9.